The maximum Gasteiger partial charge on any atom is 0.338 e. The molecule has 1 aliphatic heterocycles. The van der Waals surface area contributed by atoms with Crippen LogP contribution in [-0.4, -0.2) is 31.8 Å². The van der Waals surface area contributed by atoms with Gasteiger partial charge < -0.3 is 14.8 Å². The number of carbonyl (C=O) groups is 1. The highest BCUT2D eigenvalue weighted by atomic mass is 16.5. The van der Waals surface area contributed by atoms with Crippen LogP contribution in [0.4, 0.5) is 0 Å². The quantitative estimate of drug-likeness (QED) is 0.863. The second kappa shape index (κ2) is 7.29. The van der Waals surface area contributed by atoms with Crippen molar-refractivity contribution in [3.8, 4) is 5.75 Å². The fraction of sp³-hybridized carbons (Fsp3) is 0.316. The summed E-state index contributed by atoms with van der Waals surface area (Å²) >= 11 is 0. The average molecular weight is 311 g/mol. The molecule has 0 radical (unpaired) electrons. The number of benzene rings is 2. The second-order valence-corrected chi connectivity index (χ2v) is 5.79. The average Bonchev–Trinajstić information content (AvgIpc) is 3.03. The van der Waals surface area contributed by atoms with E-state index in [1.807, 2.05) is 30.3 Å². The summed E-state index contributed by atoms with van der Waals surface area (Å²) in [5, 5.41) is 3.43. The van der Waals surface area contributed by atoms with Crippen molar-refractivity contribution in [1.82, 2.24) is 5.32 Å². The molecule has 1 N–H and O–H groups in total. The number of rotatable bonds is 5. The molecule has 23 heavy (non-hydrogen) atoms. The van der Waals surface area contributed by atoms with Crippen LogP contribution in [0.1, 0.15) is 22.3 Å². The highest BCUT2D eigenvalue weighted by molar-refractivity contribution is 5.89. The molecule has 0 aliphatic carbocycles. The molecule has 1 fully saturated rings. The van der Waals surface area contributed by atoms with Crippen LogP contribution in [0.5, 0.6) is 5.75 Å². The van der Waals surface area contributed by atoms with Crippen molar-refractivity contribution < 1.29 is 14.3 Å². The normalized spacial score (nSPS) is 20.2. The van der Waals surface area contributed by atoms with Crippen LogP contribution in [0.2, 0.25) is 0 Å². The molecule has 2 aromatic rings. The van der Waals surface area contributed by atoms with E-state index in [4.69, 9.17) is 9.47 Å². The van der Waals surface area contributed by atoms with Gasteiger partial charge in [-0.3, -0.25) is 0 Å². The van der Waals surface area contributed by atoms with Gasteiger partial charge in [-0.15, -0.1) is 0 Å². The van der Waals surface area contributed by atoms with Crippen LogP contribution in [-0.2, 0) is 11.2 Å². The van der Waals surface area contributed by atoms with Crippen LogP contribution in [0, 0.1) is 0 Å². The van der Waals surface area contributed by atoms with Crippen molar-refractivity contribution in [2.24, 2.45) is 0 Å². The molecular formula is C19H21NO3. The van der Waals surface area contributed by atoms with Crippen LogP contribution in [0.15, 0.2) is 54.6 Å². The first kappa shape index (κ1) is 15.6. The molecule has 0 amide bonds. The van der Waals surface area contributed by atoms with Gasteiger partial charge >= 0.3 is 5.97 Å². The summed E-state index contributed by atoms with van der Waals surface area (Å²) in [6, 6.07) is 17.5. The third-order valence-corrected chi connectivity index (χ3v) is 4.11. The van der Waals surface area contributed by atoms with E-state index >= 15 is 0 Å². The number of hydrogen-bond donors (Lipinski definition) is 1. The van der Waals surface area contributed by atoms with Crippen LogP contribution < -0.4 is 10.1 Å². The van der Waals surface area contributed by atoms with Crippen molar-refractivity contribution in [1.29, 1.82) is 0 Å². The van der Waals surface area contributed by atoms with Crippen molar-refractivity contribution in [3.05, 3.63) is 65.7 Å². The van der Waals surface area contributed by atoms with E-state index in [1.165, 1.54) is 5.56 Å². The smallest absolute Gasteiger partial charge is 0.338 e. The van der Waals surface area contributed by atoms with E-state index in [-0.39, 0.29) is 12.1 Å². The predicted octanol–water partition coefficient (Wildman–Crippen LogP) is 2.83. The first-order valence-electron chi connectivity index (χ1n) is 7.87. The van der Waals surface area contributed by atoms with E-state index < -0.39 is 0 Å². The summed E-state index contributed by atoms with van der Waals surface area (Å²) in [4.78, 5) is 12.1. The van der Waals surface area contributed by atoms with Crippen LogP contribution in [0.3, 0.4) is 0 Å². The Labute approximate surface area is 136 Å². The van der Waals surface area contributed by atoms with Gasteiger partial charge in [0.05, 0.1) is 12.7 Å². The summed E-state index contributed by atoms with van der Waals surface area (Å²) in [7, 11) is 1.67. The Kier molecular flexibility index (Phi) is 4.93. The van der Waals surface area contributed by atoms with Crippen molar-refractivity contribution in [3.63, 3.8) is 0 Å². The van der Waals surface area contributed by atoms with Gasteiger partial charge in [0.15, 0.2) is 0 Å². The molecule has 3 rings (SSSR count). The minimum atomic E-state index is -0.248. The van der Waals surface area contributed by atoms with Gasteiger partial charge in [0.1, 0.15) is 11.9 Å². The highest BCUT2D eigenvalue weighted by Crippen LogP contribution is 2.18. The van der Waals surface area contributed by atoms with E-state index in [0.29, 0.717) is 18.2 Å². The molecule has 0 spiro atoms. The van der Waals surface area contributed by atoms with Crippen molar-refractivity contribution in [2.75, 3.05) is 13.7 Å². The summed E-state index contributed by atoms with van der Waals surface area (Å²) in [5.41, 5.74) is 1.85. The fourth-order valence-electron chi connectivity index (χ4n) is 2.87. The maximum absolute atomic E-state index is 12.1. The number of ether oxygens (including phenoxy) is 2. The van der Waals surface area contributed by atoms with Gasteiger partial charge in [-0.2, -0.15) is 0 Å². The van der Waals surface area contributed by atoms with Gasteiger partial charge in [-0.1, -0.05) is 30.3 Å². The van der Waals surface area contributed by atoms with Crippen LogP contribution in [0.25, 0.3) is 0 Å². The number of carbonyl (C=O) groups excluding carboxylic acids is 1. The molecule has 4 nitrogen and oxygen atoms in total. The zero-order chi connectivity index (χ0) is 16.1. The Morgan fingerprint density at radius 3 is 2.57 bits per heavy atom. The standard InChI is InChI=1S/C19H21NO3/c1-22-17-9-7-14(8-10-17)11-16-12-18(13-20-16)23-19(21)15-5-3-2-4-6-15/h2-10,16,18,20H,11-13H2,1H3/t16-,18?/m1/s1. The summed E-state index contributed by atoms with van der Waals surface area (Å²) < 4.78 is 10.7. The molecule has 0 bridgehead atoms. The topological polar surface area (TPSA) is 47.6 Å². The minimum Gasteiger partial charge on any atom is -0.497 e. The second-order valence-electron chi connectivity index (χ2n) is 5.79. The molecule has 0 aromatic heterocycles. The predicted molar refractivity (Wildman–Crippen MR) is 88.8 cm³/mol. The van der Waals surface area contributed by atoms with E-state index in [9.17, 15) is 4.79 Å². The summed E-state index contributed by atoms with van der Waals surface area (Å²) in [6.45, 7) is 0.708. The van der Waals surface area contributed by atoms with Gasteiger partial charge in [0.2, 0.25) is 0 Å². The minimum absolute atomic E-state index is 0.0639. The number of esters is 1. The SMILES string of the molecule is COc1ccc(C[C@@H]2CC(OC(=O)c3ccccc3)CN2)cc1. The molecule has 1 saturated heterocycles. The highest BCUT2D eigenvalue weighted by Gasteiger charge is 2.27. The molecule has 1 heterocycles. The largest absolute Gasteiger partial charge is 0.497 e. The van der Waals surface area contributed by atoms with Gasteiger partial charge in [0.25, 0.3) is 0 Å². The number of methoxy groups -OCH3 is 1. The molecule has 2 aromatic carbocycles. The lowest BCUT2D eigenvalue weighted by molar-refractivity contribution is 0.0340. The van der Waals surface area contributed by atoms with Crippen LogP contribution >= 0.6 is 0 Å². The Hall–Kier alpha value is -2.33. The first-order chi connectivity index (χ1) is 11.2. The molecule has 0 saturated carbocycles. The van der Waals surface area contributed by atoms with E-state index in [2.05, 4.69) is 17.4 Å². The maximum atomic E-state index is 12.1. The lowest BCUT2D eigenvalue weighted by Gasteiger charge is -2.12. The molecule has 1 unspecified atom stereocenters. The van der Waals surface area contributed by atoms with E-state index in [0.717, 1.165) is 18.6 Å². The summed E-state index contributed by atoms with van der Waals surface area (Å²) in [5.74, 6) is 0.616. The molecule has 120 valence electrons. The lowest BCUT2D eigenvalue weighted by Crippen LogP contribution is -2.24. The Bertz CT molecular complexity index is 639. The van der Waals surface area contributed by atoms with Gasteiger partial charge in [0, 0.05) is 19.0 Å². The van der Waals surface area contributed by atoms with Crippen molar-refractivity contribution in [2.45, 2.75) is 25.0 Å². The zero-order valence-electron chi connectivity index (χ0n) is 13.2. The Morgan fingerprint density at radius 2 is 1.87 bits per heavy atom. The number of nitrogens with one attached hydrogen (secondary N) is 1. The Morgan fingerprint density at radius 1 is 1.13 bits per heavy atom. The van der Waals surface area contributed by atoms with E-state index in [1.54, 1.807) is 19.2 Å². The Balaban J connectivity index is 1.51. The number of hydrogen-bond acceptors (Lipinski definition) is 4. The van der Waals surface area contributed by atoms with Crippen molar-refractivity contribution >= 4 is 5.97 Å². The molecular weight excluding hydrogens is 290 g/mol. The third kappa shape index (κ3) is 4.11. The molecule has 2 atom stereocenters. The van der Waals surface area contributed by atoms with Gasteiger partial charge in [-0.25, -0.2) is 4.79 Å². The lowest BCUT2D eigenvalue weighted by atomic mass is 10.0. The third-order valence-electron chi connectivity index (χ3n) is 4.11. The first-order valence-corrected chi connectivity index (χ1v) is 7.87. The fourth-order valence-corrected chi connectivity index (χ4v) is 2.87. The molecule has 1 aliphatic rings. The monoisotopic (exact) mass is 311 g/mol. The zero-order valence-corrected chi connectivity index (χ0v) is 13.2. The van der Waals surface area contributed by atoms with Gasteiger partial charge in [-0.05, 0) is 36.2 Å². The molecule has 4 heteroatoms. The summed E-state index contributed by atoms with van der Waals surface area (Å²) in [6.07, 6.45) is 1.69.